The van der Waals surface area contributed by atoms with Crippen molar-refractivity contribution in [2.45, 2.75) is 13.1 Å². The molecule has 4 aromatic rings. The molecule has 0 atom stereocenters. The Morgan fingerprint density at radius 2 is 1.23 bits per heavy atom. The van der Waals surface area contributed by atoms with Crippen molar-refractivity contribution < 1.29 is 5.11 Å². The maximum absolute atomic E-state index is 9.18. The summed E-state index contributed by atoms with van der Waals surface area (Å²) in [5, 5.41) is 18.9. The minimum absolute atomic E-state index is 0.0373. The molecule has 0 aliphatic heterocycles. The smallest absolute Gasteiger partial charge is 0.225 e. The van der Waals surface area contributed by atoms with Crippen LogP contribution in [0.4, 0.5) is 17.6 Å². The number of hydrogen-bond acceptors (Lipinski definition) is 8. The Balaban J connectivity index is 1.69. The molecule has 0 radical (unpaired) electrons. The number of rotatable bonds is 9. The molecule has 0 aliphatic carbocycles. The summed E-state index contributed by atoms with van der Waals surface area (Å²) in [5.74, 6) is 1.41. The first-order valence-corrected chi connectivity index (χ1v) is 10.3. The largest absolute Gasteiger partial charge is 0.395 e. The maximum Gasteiger partial charge on any atom is 0.225 e. The van der Waals surface area contributed by atoms with Crippen molar-refractivity contribution in [3.8, 4) is 0 Å². The Morgan fingerprint density at radius 1 is 0.677 bits per heavy atom. The highest BCUT2D eigenvalue weighted by molar-refractivity contribution is 6.29. The number of anilines is 3. The zero-order valence-electron chi connectivity index (χ0n) is 16.7. The van der Waals surface area contributed by atoms with Crippen LogP contribution in [-0.2, 0) is 13.1 Å². The Kier molecular flexibility index (Phi) is 6.71. The van der Waals surface area contributed by atoms with E-state index in [2.05, 4.69) is 35.9 Å². The third-order valence-electron chi connectivity index (χ3n) is 4.52. The van der Waals surface area contributed by atoms with E-state index < -0.39 is 0 Å². The van der Waals surface area contributed by atoms with Gasteiger partial charge in [-0.3, -0.25) is 0 Å². The monoisotopic (exact) mass is 435 g/mol. The maximum atomic E-state index is 9.18. The summed E-state index contributed by atoms with van der Waals surface area (Å²) in [4.78, 5) is 17.8. The highest BCUT2D eigenvalue weighted by atomic mass is 35.5. The van der Waals surface area contributed by atoms with Crippen LogP contribution in [0.3, 0.4) is 0 Å². The van der Waals surface area contributed by atoms with Crippen LogP contribution in [0.2, 0.25) is 5.28 Å². The number of nitrogens with zero attached hydrogens (tertiary/aromatic N) is 4. The molecular formula is C22H22ClN7O. The Labute approximate surface area is 184 Å². The number of aliphatic hydroxyl groups excluding tert-OH is 1. The van der Waals surface area contributed by atoms with Gasteiger partial charge >= 0.3 is 0 Å². The second kappa shape index (κ2) is 10.0. The SMILES string of the molecule is OCCNc1nc(NCc2ccccc2)c2nc(Cl)nc(NCc3ccccc3)c2n1. The molecule has 31 heavy (non-hydrogen) atoms. The van der Waals surface area contributed by atoms with Crippen molar-refractivity contribution in [1.82, 2.24) is 19.9 Å². The first-order valence-electron chi connectivity index (χ1n) is 9.88. The van der Waals surface area contributed by atoms with Crippen LogP contribution in [0.25, 0.3) is 11.0 Å². The summed E-state index contributed by atoms with van der Waals surface area (Å²) >= 11 is 6.22. The molecule has 2 heterocycles. The topological polar surface area (TPSA) is 108 Å². The van der Waals surface area contributed by atoms with Crippen LogP contribution < -0.4 is 16.0 Å². The van der Waals surface area contributed by atoms with Crippen LogP contribution in [0.15, 0.2) is 60.7 Å². The normalized spacial score (nSPS) is 10.8. The van der Waals surface area contributed by atoms with Crippen LogP contribution in [0, 0.1) is 0 Å². The second-order valence-electron chi connectivity index (χ2n) is 6.76. The quantitative estimate of drug-likeness (QED) is 0.295. The van der Waals surface area contributed by atoms with Crippen LogP contribution in [0.1, 0.15) is 11.1 Å². The lowest BCUT2D eigenvalue weighted by Gasteiger charge is -2.14. The fraction of sp³-hybridized carbons (Fsp3) is 0.182. The van der Waals surface area contributed by atoms with E-state index >= 15 is 0 Å². The molecule has 8 nitrogen and oxygen atoms in total. The van der Waals surface area contributed by atoms with Gasteiger partial charge in [-0.05, 0) is 22.7 Å². The van der Waals surface area contributed by atoms with Crippen molar-refractivity contribution in [2.24, 2.45) is 0 Å². The summed E-state index contributed by atoms with van der Waals surface area (Å²) in [6.07, 6.45) is 0. The number of nitrogens with one attached hydrogen (secondary N) is 3. The molecule has 0 aliphatic rings. The van der Waals surface area contributed by atoms with Gasteiger partial charge in [-0.25, -0.2) is 9.97 Å². The highest BCUT2D eigenvalue weighted by Gasteiger charge is 2.15. The van der Waals surface area contributed by atoms with Crippen molar-refractivity contribution in [2.75, 3.05) is 29.1 Å². The predicted molar refractivity (Wildman–Crippen MR) is 123 cm³/mol. The van der Waals surface area contributed by atoms with E-state index in [9.17, 15) is 5.11 Å². The van der Waals surface area contributed by atoms with Crippen LogP contribution >= 0.6 is 11.6 Å². The van der Waals surface area contributed by atoms with E-state index in [0.29, 0.717) is 48.3 Å². The lowest BCUT2D eigenvalue weighted by molar-refractivity contribution is 0.311. The number of benzene rings is 2. The molecular weight excluding hydrogens is 414 g/mol. The van der Waals surface area contributed by atoms with E-state index in [-0.39, 0.29) is 11.9 Å². The first-order chi connectivity index (χ1) is 15.2. The molecule has 0 fully saturated rings. The molecule has 0 spiro atoms. The molecule has 0 unspecified atom stereocenters. The van der Waals surface area contributed by atoms with Crippen molar-refractivity contribution in [1.29, 1.82) is 0 Å². The Hall–Kier alpha value is -3.49. The second-order valence-corrected chi connectivity index (χ2v) is 7.10. The molecule has 0 saturated carbocycles. The van der Waals surface area contributed by atoms with Crippen LogP contribution in [0.5, 0.6) is 0 Å². The van der Waals surface area contributed by atoms with Gasteiger partial charge in [0.05, 0.1) is 6.61 Å². The predicted octanol–water partition coefficient (Wildman–Crippen LogP) is 3.70. The van der Waals surface area contributed by atoms with Gasteiger partial charge in [-0.15, -0.1) is 0 Å². The van der Waals surface area contributed by atoms with E-state index in [1.54, 1.807) is 0 Å². The van der Waals surface area contributed by atoms with Crippen LogP contribution in [-0.4, -0.2) is 38.2 Å². The molecule has 2 aromatic heterocycles. The summed E-state index contributed by atoms with van der Waals surface area (Å²) in [6, 6.07) is 19.9. The third kappa shape index (κ3) is 5.36. The molecule has 4 N–H and O–H groups in total. The first kappa shape index (κ1) is 20.8. The van der Waals surface area contributed by atoms with Gasteiger partial charge in [-0.1, -0.05) is 60.7 Å². The summed E-state index contributed by atoms with van der Waals surface area (Å²) in [5.41, 5.74) is 3.24. The lowest BCUT2D eigenvalue weighted by Crippen LogP contribution is -2.13. The Morgan fingerprint density at radius 3 is 1.81 bits per heavy atom. The summed E-state index contributed by atoms with van der Waals surface area (Å²) in [6.45, 7) is 1.40. The fourth-order valence-corrected chi connectivity index (χ4v) is 3.21. The van der Waals surface area contributed by atoms with Crippen molar-refractivity contribution >= 4 is 40.2 Å². The zero-order valence-corrected chi connectivity index (χ0v) is 17.5. The van der Waals surface area contributed by atoms with E-state index in [0.717, 1.165) is 11.1 Å². The van der Waals surface area contributed by atoms with E-state index in [1.165, 1.54) is 0 Å². The lowest BCUT2D eigenvalue weighted by atomic mass is 10.2. The van der Waals surface area contributed by atoms with Gasteiger partial charge in [0.1, 0.15) is 11.0 Å². The van der Waals surface area contributed by atoms with Gasteiger partial charge in [-0.2, -0.15) is 9.97 Å². The number of aromatic nitrogens is 4. The van der Waals surface area contributed by atoms with Gasteiger partial charge in [0.15, 0.2) is 11.6 Å². The van der Waals surface area contributed by atoms with Gasteiger partial charge < -0.3 is 21.1 Å². The number of halogens is 1. The van der Waals surface area contributed by atoms with E-state index in [1.807, 2.05) is 60.7 Å². The standard InChI is InChI=1S/C22H22ClN7O/c23-21-27-17-18(19(29-21)25-13-15-7-3-1-4-8-15)28-22(24-11-12-31)30-20(17)26-14-16-9-5-2-6-10-16/h1-10,31H,11-14H2,(H,25,27,29)(H2,24,26,28,30). The minimum atomic E-state index is -0.0373. The molecule has 0 amide bonds. The number of hydrogen-bond donors (Lipinski definition) is 4. The van der Waals surface area contributed by atoms with Crippen molar-refractivity contribution in [3.63, 3.8) is 0 Å². The number of fused-ring (bicyclic) bond motifs is 1. The highest BCUT2D eigenvalue weighted by Crippen LogP contribution is 2.27. The zero-order chi connectivity index (χ0) is 21.5. The average Bonchev–Trinajstić information content (AvgIpc) is 2.81. The van der Waals surface area contributed by atoms with Gasteiger partial charge in [0.2, 0.25) is 11.2 Å². The fourth-order valence-electron chi connectivity index (χ4n) is 3.04. The number of aliphatic hydroxyl groups is 1. The summed E-state index contributed by atoms with van der Waals surface area (Å²) < 4.78 is 0. The molecule has 2 aromatic carbocycles. The molecule has 0 saturated heterocycles. The molecule has 158 valence electrons. The van der Waals surface area contributed by atoms with E-state index in [4.69, 9.17) is 11.6 Å². The average molecular weight is 436 g/mol. The molecule has 0 bridgehead atoms. The summed E-state index contributed by atoms with van der Waals surface area (Å²) in [7, 11) is 0. The molecule has 9 heteroatoms. The minimum Gasteiger partial charge on any atom is -0.395 e. The van der Waals surface area contributed by atoms with Gasteiger partial charge in [0.25, 0.3) is 0 Å². The molecule has 4 rings (SSSR count). The van der Waals surface area contributed by atoms with Gasteiger partial charge in [0, 0.05) is 19.6 Å². The third-order valence-corrected chi connectivity index (χ3v) is 4.69. The Bertz CT molecular complexity index is 1140. The van der Waals surface area contributed by atoms with Crippen molar-refractivity contribution in [3.05, 3.63) is 77.1 Å².